The Morgan fingerprint density at radius 3 is 2.44 bits per heavy atom. The number of carbonyl (C=O) groups excluding carboxylic acids is 2. The monoisotopic (exact) mass is 225 g/mol. The first-order valence-electron chi connectivity index (χ1n) is 4.38. The third-order valence-electron chi connectivity index (χ3n) is 1.91. The van der Waals surface area contributed by atoms with Gasteiger partial charge in [-0.25, -0.2) is 9.78 Å². The molecule has 0 aromatic carbocycles. The maximum atomic E-state index is 11.2. The summed E-state index contributed by atoms with van der Waals surface area (Å²) in [4.78, 5) is 26.1. The Labute approximate surface area is 91.8 Å². The van der Waals surface area contributed by atoms with Gasteiger partial charge in [-0.05, 0) is 0 Å². The highest BCUT2D eigenvalue weighted by molar-refractivity contribution is 5.97. The van der Waals surface area contributed by atoms with Crippen LogP contribution in [-0.2, 0) is 4.74 Å². The molecular weight excluding hydrogens is 214 g/mol. The summed E-state index contributed by atoms with van der Waals surface area (Å²) in [5.74, 6) is -1.56. The molecule has 0 aliphatic heterocycles. The Morgan fingerprint density at radius 2 is 2.00 bits per heavy atom. The number of nitrogens with zero attached hydrogens (tertiary/aromatic N) is 1. The van der Waals surface area contributed by atoms with Crippen molar-refractivity contribution in [3.63, 3.8) is 0 Å². The molecule has 0 aliphatic rings. The summed E-state index contributed by atoms with van der Waals surface area (Å²) in [5, 5.41) is 9.58. The van der Waals surface area contributed by atoms with Gasteiger partial charge in [0.25, 0.3) is 0 Å². The lowest BCUT2D eigenvalue weighted by Gasteiger charge is -2.08. The van der Waals surface area contributed by atoms with E-state index in [1.54, 1.807) is 0 Å². The van der Waals surface area contributed by atoms with Gasteiger partial charge in [-0.15, -0.1) is 0 Å². The van der Waals surface area contributed by atoms with Gasteiger partial charge < -0.3 is 14.6 Å². The van der Waals surface area contributed by atoms with Crippen LogP contribution < -0.4 is 4.74 Å². The van der Waals surface area contributed by atoms with Crippen molar-refractivity contribution < 1.29 is 24.2 Å². The number of methoxy groups -OCH3 is 2. The van der Waals surface area contributed by atoms with E-state index in [2.05, 4.69) is 9.72 Å². The number of aromatic hydroxyl groups is 1. The largest absolute Gasteiger partial charge is 0.503 e. The number of ether oxygens (including phenoxy) is 2. The summed E-state index contributed by atoms with van der Waals surface area (Å²) in [6, 6.07) is 1.20. The molecule has 0 fully saturated rings. The van der Waals surface area contributed by atoms with E-state index < -0.39 is 11.8 Å². The van der Waals surface area contributed by atoms with E-state index in [4.69, 9.17) is 4.74 Å². The van der Waals surface area contributed by atoms with Crippen molar-refractivity contribution in [3.05, 3.63) is 17.5 Å². The van der Waals surface area contributed by atoms with Gasteiger partial charge in [0.15, 0.2) is 28.7 Å². The number of carbonyl (C=O) groups is 2. The second-order valence-corrected chi connectivity index (χ2v) is 2.95. The normalized spacial score (nSPS) is 9.69. The molecule has 1 N–H and O–H groups in total. The van der Waals surface area contributed by atoms with Crippen LogP contribution in [0.1, 0.15) is 27.9 Å². The van der Waals surface area contributed by atoms with Crippen molar-refractivity contribution in [1.29, 1.82) is 0 Å². The molecule has 0 bridgehead atoms. The second-order valence-electron chi connectivity index (χ2n) is 2.95. The molecule has 0 atom stereocenters. The first-order valence-corrected chi connectivity index (χ1v) is 4.38. The molecule has 16 heavy (non-hydrogen) atoms. The third kappa shape index (κ3) is 2.10. The molecule has 0 radical (unpaired) electrons. The summed E-state index contributed by atoms with van der Waals surface area (Å²) in [5.41, 5.74) is -0.317. The predicted octanol–water partition coefficient (Wildman–Crippen LogP) is 0.785. The van der Waals surface area contributed by atoms with Crippen LogP contribution in [0.2, 0.25) is 0 Å². The van der Waals surface area contributed by atoms with Crippen molar-refractivity contribution in [2.75, 3.05) is 14.2 Å². The first-order chi connectivity index (χ1) is 7.51. The lowest BCUT2D eigenvalue weighted by atomic mass is 10.2. The highest BCUT2D eigenvalue weighted by Gasteiger charge is 2.19. The molecule has 1 aromatic rings. The van der Waals surface area contributed by atoms with Crippen LogP contribution in [0.15, 0.2) is 6.07 Å². The van der Waals surface area contributed by atoms with Gasteiger partial charge in [0.05, 0.1) is 14.2 Å². The smallest absolute Gasteiger partial charge is 0.356 e. The van der Waals surface area contributed by atoms with Crippen molar-refractivity contribution in [3.8, 4) is 11.5 Å². The molecule has 1 heterocycles. The first kappa shape index (κ1) is 12.0. The van der Waals surface area contributed by atoms with E-state index in [0.29, 0.717) is 0 Å². The minimum Gasteiger partial charge on any atom is -0.503 e. The summed E-state index contributed by atoms with van der Waals surface area (Å²) < 4.78 is 9.28. The van der Waals surface area contributed by atoms with Crippen molar-refractivity contribution in [2.24, 2.45) is 0 Å². The fraction of sp³-hybridized carbons (Fsp3) is 0.300. The van der Waals surface area contributed by atoms with E-state index in [1.807, 2.05) is 0 Å². The molecule has 0 saturated heterocycles. The third-order valence-corrected chi connectivity index (χ3v) is 1.91. The topological polar surface area (TPSA) is 85.7 Å². The predicted molar refractivity (Wildman–Crippen MR) is 53.8 cm³/mol. The Balaban J connectivity index is 3.40. The van der Waals surface area contributed by atoms with Gasteiger partial charge in [0.1, 0.15) is 0 Å². The maximum Gasteiger partial charge on any atom is 0.356 e. The van der Waals surface area contributed by atoms with E-state index in [0.717, 1.165) is 0 Å². The number of rotatable bonds is 3. The van der Waals surface area contributed by atoms with E-state index in [1.165, 1.54) is 27.2 Å². The number of pyridine rings is 1. The summed E-state index contributed by atoms with van der Waals surface area (Å²) in [7, 11) is 2.50. The molecule has 1 rings (SSSR count). The molecule has 86 valence electrons. The second kappa shape index (κ2) is 4.61. The summed E-state index contributed by atoms with van der Waals surface area (Å²) in [6.07, 6.45) is 0. The molecule has 6 nitrogen and oxygen atoms in total. The molecule has 0 amide bonds. The van der Waals surface area contributed by atoms with Crippen molar-refractivity contribution >= 4 is 11.8 Å². The molecule has 0 aliphatic carbocycles. The highest BCUT2D eigenvalue weighted by Crippen LogP contribution is 2.29. The average Bonchev–Trinajstić information content (AvgIpc) is 2.27. The lowest BCUT2D eigenvalue weighted by molar-refractivity contribution is 0.0593. The number of hydrogen-bond acceptors (Lipinski definition) is 6. The maximum absolute atomic E-state index is 11.2. The van der Waals surface area contributed by atoms with Gasteiger partial charge in [-0.1, -0.05) is 0 Å². The van der Waals surface area contributed by atoms with Crippen LogP contribution in [0, 0.1) is 0 Å². The Kier molecular flexibility index (Phi) is 3.44. The quantitative estimate of drug-likeness (QED) is 0.604. The van der Waals surface area contributed by atoms with E-state index in [-0.39, 0.29) is 22.9 Å². The minimum absolute atomic E-state index is 0.000556. The van der Waals surface area contributed by atoms with Gasteiger partial charge in [-0.3, -0.25) is 4.79 Å². The highest BCUT2D eigenvalue weighted by atomic mass is 16.5. The van der Waals surface area contributed by atoms with Crippen LogP contribution in [0.4, 0.5) is 0 Å². The average molecular weight is 225 g/mol. The van der Waals surface area contributed by atoms with Gasteiger partial charge >= 0.3 is 5.97 Å². The van der Waals surface area contributed by atoms with Crippen LogP contribution in [0.25, 0.3) is 0 Å². The Morgan fingerprint density at radius 1 is 1.38 bits per heavy atom. The number of Topliss-reactive ketones (excluding diaryl/α,β-unsaturated/α-hetero) is 1. The zero-order valence-corrected chi connectivity index (χ0v) is 9.10. The van der Waals surface area contributed by atoms with Crippen molar-refractivity contribution in [2.45, 2.75) is 6.92 Å². The van der Waals surface area contributed by atoms with Gasteiger partial charge in [0, 0.05) is 13.0 Å². The Bertz CT molecular complexity index is 441. The summed E-state index contributed by atoms with van der Waals surface area (Å²) in [6.45, 7) is 1.22. The number of esters is 1. The molecule has 0 unspecified atom stereocenters. The molecule has 0 spiro atoms. The van der Waals surface area contributed by atoms with Crippen LogP contribution in [0.5, 0.6) is 11.5 Å². The fourth-order valence-electron chi connectivity index (χ4n) is 1.13. The van der Waals surface area contributed by atoms with Gasteiger partial charge in [-0.2, -0.15) is 0 Å². The number of aromatic nitrogens is 1. The minimum atomic E-state index is -0.708. The zero-order chi connectivity index (χ0) is 12.3. The standard InChI is InChI=1S/C10H11NO5/c1-5(12)8-9(13)7(15-2)4-6(11-8)10(14)16-3/h4,13H,1-3H3. The molecule has 1 aromatic heterocycles. The Hall–Kier alpha value is -2.11. The number of ketones is 1. The zero-order valence-electron chi connectivity index (χ0n) is 9.10. The van der Waals surface area contributed by atoms with Crippen molar-refractivity contribution in [1.82, 2.24) is 4.98 Å². The van der Waals surface area contributed by atoms with Gasteiger partial charge in [0.2, 0.25) is 0 Å². The summed E-state index contributed by atoms with van der Waals surface area (Å²) >= 11 is 0. The van der Waals surface area contributed by atoms with Crippen LogP contribution in [0.3, 0.4) is 0 Å². The van der Waals surface area contributed by atoms with Crippen LogP contribution in [-0.4, -0.2) is 36.1 Å². The SMILES string of the molecule is COC(=O)c1cc(OC)c(O)c(C(C)=O)n1. The van der Waals surface area contributed by atoms with Crippen LogP contribution >= 0.6 is 0 Å². The van der Waals surface area contributed by atoms with E-state index >= 15 is 0 Å². The molecule has 6 heteroatoms. The molecular formula is C10H11NO5. The number of hydrogen-bond donors (Lipinski definition) is 1. The fourth-order valence-corrected chi connectivity index (χ4v) is 1.13. The van der Waals surface area contributed by atoms with E-state index in [9.17, 15) is 14.7 Å². The lowest BCUT2D eigenvalue weighted by Crippen LogP contribution is -2.09. The molecule has 0 saturated carbocycles.